The van der Waals surface area contributed by atoms with Crippen LogP contribution in [0.3, 0.4) is 0 Å². The minimum absolute atomic E-state index is 0.499. The molecule has 1 aromatic heterocycles. The minimum Gasteiger partial charge on any atom is -0.337 e. The molecule has 0 aliphatic heterocycles. The maximum atomic E-state index is 5.21. The summed E-state index contributed by atoms with van der Waals surface area (Å²) in [6, 6.07) is 0.499. The summed E-state index contributed by atoms with van der Waals surface area (Å²) in [5, 5.41) is 0. The number of H-pyrrole nitrogens is 1. The normalized spacial score (nSPS) is 13.6. The summed E-state index contributed by atoms with van der Waals surface area (Å²) in [7, 11) is 0. The average molecular weight is 198 g/mol. The zero-order valence-corrected chi connectivity index (χ0v) is 9.61. The van der Waals surface area contributed by atoms with Crippen molar-refractivity contribution in [1.82, 2.24) is 9.55 Å². The van der Waals surface area contributed by atoms with E-state index in [0.717, 1.165) is 4.77 Å². The Morgan fingerprint density at radius 3 is 2.46 bits per heavy atom. The molecule has 0 aliphatic carbocycles. The van der Waals surface area contributed by atoms with Crippen LogP contribution >= 0.6 is 12.2 Å². The van der Waals surface area contributed by atoms with Gasteiger partial charge >= 0.3 is 0 Å². The van der Waals surface area contributed by atoms with Gasteiger partial charge in [0.2, 0.25) is 0 Å². The van der Waals surface area contributed by atoms with E-state index < -0.39 is 0 Å². The molecule has 13 heavy (non-hydrogen) atoms. The number of nitrogens with one attached hydrogen (secondary N) is 1. The molecule has 0 amide bonds. The summed E-state index contributed by atoms with van der Waals surface area (Å²) in [6.45, 7) is 8.78. The Labute approximate surface area is 85.0 Å². The van der Waals surface area contributed by atoms with Crippen LogP contribution in [-0.4, -0.2) is 9.55 Å². The van der Waals surface area contributed by atoms with E-state index >= 15 is 0 Å². The molecule has 2 nitrogen and oxygen atoms in total. The zero-order chi connectivity index (χ0) is 10.0. The van der Waals surface area contributed by atoms with Crippen molar-refractivity contribution >= 4 is 12.2 Å². The molecule has 0 saturated heterocycles. The molecule has 1 unspecified atom stereocenters. The maximum absolute atomic E-state index is 5.21. The van der Waals surface area contributed by atoms with Crippen LogP contribution in [0.1, 0.15) is 38.9 Å². The number of rotatable bonds is 3. The summed E-state index contributed by atoms with van der Waals surface area (Å²) >= 11 is 5.21. The quantitative estimate of drug-likeness (QED) is 0.738. The topological polar surface area (TPSA) is 20.7 Å². The van der Waals surface area contributed by atoms with Crippen LogP contribution in [0.25, 0.3) is 0 Å². The highest BCUT2D eigenvalue weighted by atomic mass is 32.1. The second kappa shape index (κ2) is 4.09. The van der Waals surface area contributed by atoms with Gasteiger partial charge in [-0.15, -0.1) is 0 Å². The largest absolute Gasteiger partial charge is 0.337 e. The van der Waals surface area contributed by atoms with Gasteiger partial charge < -0.3 is 9.55 Å². The van der Waals surface area contributed by atoms with Crippen LogP contribution in [0, 0.1) is 17.6 Å². The summed E-state index contributed by atoms with van der Waals surface area (Å²) in [5.41, 5.74) is 1.22. The monoisotopic (exact) mass is 198 g/mol. The second-order valence-corrected chi connectivity index (χ2v) is 4.47. The molecule has 1 rings (SSSR count). The number of nitrogens with zero attached hydrogens (tertiary/aromatic N) is 1. The molecule has 0 saturated carbocycles. The lowest BCUT2D eigenvalue weighted by Crippen LogP contribution is -2.09. The Morgan fingerprint density at radius 1 is 1.46 bits per heavy atom. The number of aromatic amines is 1. The lowest BCUT2D eigenvalue weighted by molar-refractivity contribution is 0.419. The summed E-state index contributed by atoms with van der Waals surface area (Å²) in [5.74, 6) is 0.714. The molecule has 3 heteroatoms. The van der Waals surface area contributed by atoms with Crippen LogP contribution in [0.2, 0.25) is 0 Å². The van der Waals surface area contributed by atoms with Crippen LogP contribution < -0.4 is 0 Å². The molecule has 1 atom stereocenters. The van der Waals surface area contributed by atoms with Gasteiger partial charge in [0.05, 0.1) is 0 Å². The van der Waals surface area contributed by atoms with Gasteiger partial charge in [-0.2, -0.15) is 0 Å². The van der Waals surface area contributed by atoms with Crippen molar-refractivity contribution in [3.8, 4) is 0 Å². The van der Waals surface area contributed by atoms with Crippen LogP contribution in [-0.2, 0) is 0 Å². The molecule has 1 heterocycles. The van der Waals surface area contributed by atoms with E-state index in [1.807, 2.05) is 6.20 Å². The molecular formula is C10H18N2S. The molecule has 0 fully saturated rings. The number of imidazole rings is 1. The molecule has 0 bridgehead atoms. The molecule has 1 aromatic rings. The summed E-state index contributed by atoms with van der Waals surface area (Å²) < 4.78 is 3.03. The van der Waals surface area contributed by atoms with Crippen molar-refractivity contribution in [2.75, 3.05) is 0 Å². The van der Waals surface area contributed by atoms with Gasteiger partial charge in [-0.1, -0.05) is 13.8 Å². The van der Waals surface area contributed by atoms with E-state index in [4.69, 9.17) is 12.2 Å². The minimum atomic E-state index is 0.499. The lowest BCUT2D eigenvalue weighted by atomic mass is 10.1. The Kier molecular flexibility index (Phi) is 3.31. The number of aryl methyl sites for hydroxylation is 1. The molecule has 1 N–H and O–H groups in total. The van der Waals surface area contributed by atoms with Gasteiger partial charge in [0.15, 0.2) is 4.77 Å². The van der Waals surface area contributed by atoms with Crippen LogP contribution in [0.5, 0.6) is 0 Å². The van der Waals surface area contributed by atoms with Gasteiger partial charge in [0, 0.05) is 17.9 Å². The lowest BCUT2D eigenvalue weighted by Gasteiger charge is -2.17. The third-order valence-electron chi connectivity index (χ3n) is 2.26. The SMILES string of the molecule is Cc1c[nH]c(=S)n1C(C)CC(C)C. The van der Waals surface area contributed by atoms with Crippen molar-refractivity contribution in [1.29, 1.82) is 0 Å². The van der Waals surface area contributed by atoms with Crippen molar-refractivity contribution in [2.24, 2.45) is 5.92 Å². The Morgan fingerprint density at radius 2 is 2.08 bits per heavy atom. The first-order valence-electron chi connectivity index (χ1n) is 4.79. The number of aromatic nitrogens is 2. The highest BCUT2D eigenvalue weighted by Crippen LogP contribution is 2.18. The van der Waals surface area contributed by atoms with Crippen molar-refractivity contribution in [3.63, 3.8) is 0 Å². The first-order chi connectivity index (χ1) is 6.02. The maximum Gasteiger partial charge on any atom is 0.177 e. The second-order valence-electron chi connectivity index (χ2n) is 4.08. The highest BCUT2D eigenvalue weighted by molar-refractivity contribution is 7.71. The molecule has 0 aliphatic rings. The third-order valence-corrected chi connectivity index (χ3v) is 2.57. The molecule has 0 spiro atoms. The standard InChI is InChI=1S/C10H18N2S/c1-7(2)5-8(3)12-9(4)6-11-10(12)13/h6-8H,5H2,1-4H3,(H,11,13). The molecular weight excluding hydrogens is 180 g/mol. The van der Waals surface area contributed by atoms with E-state index in [-0.39, 0.29) is 0 Å². The first kappa shape index (κ1) is 10.5. The van der Waals surface area contributed by atoms with Gasteiger partial charge in [0.25, 0.3) is 0 Å². The zero-order valence-electron chi connectivity index (χ0n) is 8.79. The predicted molar refractivity (Wildman–Crippen MR) is 58.5 cm³/mol. The van der Waals surface area contributed by atoms with Crippen molar-refractivity contribution in [3.05, 3.63) is 16.7 Å². The van der Waals surface area contributed by atoms with Gasteiger partial charge in [-0.25, -0.2) is 0 Å². The smallest absolute Gasteiger partial charge is 0.177 e. The fraction of sp³-hybridized carbons (Fsp3) is 0.700. The summed E-state index contributed by atoms with van der Waals surface area (Å²) in [6.07, 6.45) is 3.14. The van der Waals surface area contributed by atoms with E-state index in [2.05, 4.69) is 37.2 Å². The van der Waals surface area contributed by atoms with Gasteiger partial charge in [-0.3, -0.25) is 0 Å². The van der Waals surface area contributed by atoms with E-state index in [9.17, 15) is 0 Å². The van der Waals surface area contributed by atoms with Gasteiger partial charge in [-0.05, 0) is 38.4 Å². The van der Waals surface area contributed by atoms with Crippen LogP contribution in [0.4, 0.5) is 0 Å². The third kappa shape index (κ3) is 2.44. The summed E-state index contributed by atoms with van der Waals surface area (Å²) in [4.78, 5) is 3.07. The van der Waals surface area contributed by atoms with Gasteiger partial charge in [0.1, 0.15) is 0 Å². The Balaban J connectivity index is 2.88. The fourth-order valence-corrected chi connectivity index (χ4v) is 2.18. The van der Waals surface area contributed by atoms with E-state index in [0.29, 0.717) is 12.0 Å². The van der Waals surface area contributed by atoms with Crippen molar-refractivity contribution < 1.29 is 0 Å². The fourth-order valence-electron chi connectivity index (χ4n) is 1.80. The molecule has 74 valence electrons. The van der Waals surface area contributed by atoms with E-state index in [1.54, 1.807) is 0 Å². The Bertz CT molecular complexity index is 322. The number of hydrogen-bond donors (Lipinski definition) is 1. The molecule has 0 radical (unpaired) electrons. The predicted octanol–water partition coefficient (Wildman–Crippen LogP) is 3.46. The molecule has 0 aromatic carbocycles. The van der Waals surface area contributed by atoms with Crippen molar-refractivity contribution in [2.45, 2.75) is 40.2 Å². The van der Waals surface area contributed by atoms with Crippen LogP contribution in [0.15, 0.2) is 6.20 Å². The van der Waals surface area contributed by atoms with E-state index in [1.165, 1.54) is 12.1 Å². The number of hydrogen-bond acceptors (Lipinski definition) is 1. The first-order valence-corrected chi connectivity index (χ1v) is 5.19. The Hall–Kier alpha value is -0.570. The average Bonchev–Trinajstić information content (AvgIpc) is 2.29. The highest BCUT2D eigenvalue weighted by Gasteiger charge is 2.09.